The zero-order chi connectivity index (χ0) is 19.0. The van der Waals surface area contributed by atoms with Gasteiger partial charge in [-0.2, -0.15) is 0 Å². The van der Waals surface area contributed by atoms with Crippen molar-refractivity contribution in [3.05, 3.63) is 33.7 Å². The van der Waals surface area contributed by atoms with Crippen molar-refractivity contribution in [2.24, 2.45) is 0 Å². The first kappa shape index (κ1) is 18.8. The summed E-state index contributed by atoms with van der Waals surface area (Å²) in [6.07, 6.45) is 7.48. The predicted molar refractivity (Wildman–Crippen MR) is 110 cm³/mol. The number of aromatic amines is 1. The van der Waals surface area contributed by atoms with Crippen LogP contribution >= 0.6 is 0 Å². The van der Waals surface area contributed by atoms with Crippen LogP contribution in [0.25, 0.3) is 11.0 Å². The largest absolute Gasteiger partial charge is 0.379 e. The Labute approximate surface area is 161 Å². The quantitative estimate of drug-likeness (QED) is 0.886. The number of rotatable bonds is 4. The van der Waals surface area contributed by atoms with Crippen molar-refractivity contribution in [2.75, 3.05) is 19.7 Å². The number of benzene rings is 1. The zero-order valence-electron chi connectivity index (χ0n) is 17.0. The number of piperidine rings is 1. The van der Waals surface area contributed by atoms with Crippen LogP contribution in [0.4, 0.5) is 0 Å². The van der Waals surface area contributed by atoms with E-state index in [1.165, 1.54) is 36.8 Å². The van der Waals surface area contributed by atoms with Gasteiger partial charge in [0.2, 0.25) is 0 Å². The Balaban J connectivity index is 1.43. The van der Waals surface area contributed by atoms with Crippen molar-refractivity contribution < 1.29 is 4.74 Å². The molecule has 0 bridgehead atoms. The molecular formula is C22H33N3O2. The van der Waals surface area contributed by atoms with E-state index in [0.29, 0.717) is 18.2 Å². The topological polar surface area (TPSA) is 50.3 Å². The van der Waals surface area contributed by atoms with Crippen molar-refractivity contribution in [3.8, 4) is 0 Å². The summed E-state index contributed by atoms with van der Waals surface area (Å²) in [4.78, 5) is 18.3. The van der Waals surface area contributed by atoms with Crippen LogP contribution in [0.5, 0.6) is 0 Å². The number of aryl methyl sites for hydroxylation is 2. The summed E-state index contributed by atoms with van der Waals surface area (Å²) in [6, 6.07) is 5.29. The van der Waals surface area contributed by atoms with Gasteiger partial charge in [-0.3, -0.25) is 4.57 Å². The van der Waals surface area contributed by atoms with Crippen molar-refractivity contribution in [1.29, 1.82) is 0 Å². The number of imidazole rings is 1. The molecule has 4 rings (SSSR count). The Morgan fingerprint density at radius 3 is 2.33 bits per heavy atom. The SMILES string of the molecule is CCO[C@H]1CC[C@@H](N2CCC(n3c(=O)[nH]c4cc(C)c(C)cc43)CC2)CC1. The molecule has 5 heteroatoms. The minimum atomic E-state index is 0.0469. The van der Waals surface area contributed by atoms with Crippen LogP contribution in [0.1, 0.15) is 62.6 Å². The van der Waals surface area contributed by atoms with E-state index >= 15 is 0 Å². The van der Waals surface area contributed by atoms with Crippen molar-refractivity contribution in [2.45, 2.75) is 77.5 Å². The molecule has 0 amide bonds. The number of likely N-dealkylation sites (tertiary alicyclic amines) is 1. The fourth-order valence-corrected chi connectivity index (χ4v) is 5.07. The van der Waals surface area contributed by atoms with Gasteiger partial charge in [0, 0.05) is 31.8 Å². The number of ether oxygens (including phenoxy) is 1. The molecule has 5 nitrogen and oxygen atoms in total. The van der Waals surface area contributed by atoms with Gasteiger partial charge < -0.3 is 14.6 Å². The third-order valence-electron chi connectivity index (χ3n) is 6.76. The first-order valence-corrected chi connectivity index (χ1v) is 10.6. The molecule has 2 fully saturated rings. The van der Waals surface area contributed by atoms with Gasteiger partial charge in [-0.25, -0.2) is 4.79 Å². The Kier molecular flexibility index (Phi) is 5.42. The third kappa shape index (κ3) is 3.72. The van der Waals surface area contributed by atoms with Gasteiger partial charge in [-0.05, 0) is 82.6 Å². The Bertz CT molecular complexity index is 837. The smallest absolute Gasteiger partial charge is 0.326 e. The first-order chi connectivity index (χ1) is 13.1. The summed E-state index contributed by atoms with van der Waals surface area (Å²) in [5.41, 5.74) is 4.57. The van der Waals surface area contributed by atoms with Gasteiger partial charge in [-0.1, -0.05) is 0 Å². The van der Waals surface area contributed by atoms with Crippen LogP contribution in [-0.4, -0.2) is 46.3 Å². The van der Waals surface area contributed by atoms with Crippen LogP contribution in [0.3, 0.4) is 0 Å². The van der Waals surface area contributed by atoms with E-state index < -0.39 is 0 Å². The second-order valence-corrected chi connectivity index (χ2v) is 8.41. The van der Waals surface area contributed by atoms with Gasteiger partial charge in [-0.15, -0.1) is 0 Å². The Morgan fingerprint density at radius 2 is 1.67 bits per heavy atom. The number of fused-ring (bicyclic) bond motifs is 1. The molecule has 0 atom stereocenters. The molecule has 1 aromatic heterocycles. The average molecular weight is 372 g/mol. The fraction of sp³-hybridized carbons (Fsp3) is 0.682. The standard InChI is InChI=1S/C22H33N3O2/c1-4-27-19-7-5-17(6-8-19)24-11-9-18(10-12-24)25-21-14-16(3)15(2)13-20(21)23-22(25)26/h13-14,17-19H,4-12H2,1-3H3,(H,23,26)/t17-,19+. The molecule has 1 N–H and O–H groups in total. The molecule has 0 unspecified atom stereocenters. The first-order valence-electron chi connectivity index (χ1n) is 10.6. The lowest BCUT2D eigenvalue weighted by atomic mass is 9.90. The number of hydrogen-bond donors (Lipinski definition) is 1. The van der Waals surface area contributed by atoms with Crippen LogP contribution in [0.15, 0.2) is 16.9 Å². The highest BCUT2D eigenvalue weighted by atomic mass is 16.5. The van der Waals surface area contributed by atoms with E-state index in [9.17, 15) is 4.79 Å². The van der Waals surface area contributed by atoms with Crippen molar-refractivity contribution in [1.82, 2.24) is 14.5 Å². The van der Waals surface area contributed by atoms with Crippen LogP contribution in [0.2, 0.25) is 0 Å². The highest BCUT2D eigenvalue weighted by molar-refractivity contribution is 5.77. The zero-order valence-corrected chi connectivity index (χ0v) is 17.0. The molecule has 1 saturated carbocycles. The number of nitrogens with zero attached hydrogens (tertiary/aromatic N) is 2. The van der Waals surface area contributed by atoms with Gasteiger partial charge >= 0.3 is 5.69 Å². The molecule has 1 saturated heterocycles. The fourth-order valence-electron chi connectivity index (χ4n) is 5.07. The van der Waals surface area contributed by atoms with Crippen LogP contribution in [-0.2, 0) is 4.74 Å². The van der Waals surface area contributed by atoms with Gasteiger partial charge in [0.1, 0.15) is 0 Å². The summed E-state index contributed by atoms with van der Waals surface area (Å²) in [7, 11) is 0. The molecule has 2 aliphatic rings. The minimum Gasteiger partial charge on any atom is -0.379 e. The lowest BCUT2D eigenvalue weighted by molar-refractivity contribution is 0.00796. The van der Waals surface area contributed by atoms with Crippen LogP contribution in [0, 0.1) is 13.8 Å². The summed E-state index contributed by atoms with van der Waals surface area (Å²) < 4.78 is 7.82. The second-order valence-electron chi connectivity index (χ2n) is 8.41. The molecule has 0 radical (unpaired) electrons. The molecular weight excluding hydrogens is 338 g/mol. The number of nitrogens with one attached hydrogen (secondary N) is 1. The molecule has 2 heterocycles. The molecule has 1 aliphatic carbocycles. The van der Waals surface area contributed by atoms with Gasteiger partial charge in [0.15, 0.2) is 0 Å². The van der Waals surface area contributed by atoms with E-state index in [-0.39, 0.29) is 5.69 Å². The molecule has 27 heavy (non-hydrogen) atoms. The van der Waals surface area contributed by atoms with Crippen molar-refractivity contribution >= 4 is 11.0 Å². The van der Waals surface area contributed by atoms with Crippen LogP contribution < -0.4 is 5.69 Å². The third-order valence-corrected chi connectivity index (χ3v) is 6.76. The Hall–Kier alpha value is -1.59. The lowest BCUT2D eigenvalue weighted by Crippen LogP contribution is -2.45. The molecule has 0 spiro atoms. The normalized spacial score (nSPS) is 25.3. The Morgan fingerprint density at radius 1 is 1.00 bits per heavy atom. The molecule has 2 aromatic rings. The second kappa shape index (κ2) is 7.80. The summed E-state index contributed by atoms with van der Waals surface area (Å²) >= 11 is 0. The van der Waals surface area contributed by atoms with E-state index in [1.54, 1.807) is 0 Å². The van der Waals surface area contributed by atoms with E-state index in [1.807, 2.05) is 4.57 Å². The number of aromatic nitrogens is 2. The molecule has 148 valence electrons. The van der Waals surface area contributed by atoms with E-state index in [0.717, 1.165) is 43.6 Å². The monoisotopic (exact) mass is 371 g/mol. The van der Waals surface area contributed by atoms with Gasteiger partial charge in [0.05, 0.1) is 17.1 Å². The lowest BCUT2D eigenvalue weighted by Gasteiger charge is -2.41. The average Bonchev–Trinajstić information content (AvgIpc) is 2.98. The summed E-state index contributed by atoms with van der Waals surface area (Å²) in [5.74, 6) is 0. The predicted octanol–water partition coefficient (Wildman–Crippen LogP) is 3.93. The summed E-state index contributed by atoms with van der Waals surface area (Å²) in [6.45, 7) is 9.34. The molecule has 1 aromatic carbocycles. The molecule has 1 aliphatic heterocycles. The maximum Gasteiger partial charge on any atom is 0.326 e. The van der Waals surface area contributed by atoms with Crippen molar-refractivity contribution in [3.63, 3.8) is 0 Å². The van der Waals surface area contributed by atoms with E-state index in [2.05, 4.69) is 42.8 Å². The maximum absolute atomic E-state index is 12.6. The number of hydrogen-bond acceptors (Lipinski definition) is 3. The number of H-pyrrole nitrogens is 1. The highest BCUT2D eigenvalue weighted by Crippen LogP contribution is 2.31. The van der Waals surface area contributed by atoms with Gasteiger partial charge in [0.25, 0.3) is 0 Å². The van der Waals surface area contributed by atoms with E-state index in [4.69, 9.17) is 4.74 Å². The minimum absolute atomic E-state index is 0.0469. The summed E-state index contributed by atoms with van der Waals surface area (Å²) in [5, 5.41) is 0. The highest BCUT2D eigenvalue weighted by Gasteiger charge is 2.30. The maximum atomic E-state index is 12.6.